The second-order valence-electron chi connectivity index (χ2n) is 3.45. The summed E-state index contributed by atoms with van der Waals surface area (Å²) in [5.41, 5.74) is 5.60. The molecule has 0 aliphatic rings. The maximum absolute atomic E-state index is 11.2. The average Bonchev–Trinajstić information content (AvgIpc) is 2.02. The first-order valence-electron chi connectivity index (χ1n) is 4.48. The number of nitrogens with two attached hydrogens (primary N) is 1. The Hall–Kier alpha value is -0.410. The van der Waals surface area contributed by atoms with Crippen LogP contribution in [0.3, 0.4) is 0 Å². The molecule has 0 saturated heterocycles. The van der Waals surface area contributed by atoms with E-state index in [0.717, 1.165) is 6.42 Å². The van der Waals surface area contributed by atoms with Gasteiger partial charge in [-0.15, -0.1) is 0 Å². The molecule has 3 nitrogen and oxygen atoms in total. The van der Waals surface area contributed by atoms with Gasteiger partial charge in [0.15, 0.2) is 5.78 Å². The summed E-state index contributed by atoms with van der Waals surface area (Å²) in [4.78, 5) is 11.2. The fourth-order valence-corrected chi connectivity index (χ4v) is 1.04. The molecule has 0 radical (unpaired) electrons. The van der Waals surface area contributed by atoms with Crippen LogP contribution in [0.25, 0.3) is 0 Å². The van der Waals surface area contributed by atoms with Gasteiger partial charge in [0.2, 0.25) is 0 Å². The second-order valence-corrected chi connectivity index (χ2v) is 3.45. The van der Waals surface area contributed by atoms with Gasteiger partial charge in [0, 0.05) is 12.0 Å². The van der Waals surface area contributed by atoms with Crippen molar-refractivity contribution in [3.8, 4) is 0 Å². The zero-order valence-electron chi connectivity index (χ0n) is 8.08. The van der Waals surface area contributed by atoms with Crippen molar-refractivity contribution in [3.05, 3.63) is 0 Å². The van der Waals surface area contributed by atoms with Crippen LogP contribution in [0.5, 0.6) is 0 Å². The SMILES string of the molecule is CCCC(N)C(O)C(=O)C(C)C. The van der Waals surface area contributed by atoms with Crippen LogP contribution in [0, 0.1) is 5.92 Å². The predicted molar refractivity (Wildman–Crippen MR) is 48.7 cm³/mol. The van der Waals surface area contributed by atoms with E-state index in [1.807, 2.05) is 6.92 Å². The highest BCUT2D eigenvalue weighted by Crippen LogP contribution is 2.06. The van der Waals surface area contributed by atoms with E-state index in [1.54, 1.807) is 13.8 Å². The van der Waals surface area contributed by atoms with Gasteiger partial charge < -0.3 is 10.8 Å². The highest BCUT2D eigenvalue weighted by molar-refractivity contribution is 5.85. The van der Waals surface area contributed by atoms with Gasteiger partial charge in [0.1, 0.15) is 6.10 Å². The fraction of sp³-hybridized carbons (Fsp3) is 0.889. The first kappa shape index (κ1) is 11.6. The van der Waals surface area contributed by atoms with Crippen LogP contribution in [0.1, 0.15) is 33.6 Å². The minimum atomic E-state index is -0.982. The van der Waals surface area contributed by atoms with E-state index < -0.39 is 12.1 Å². The van der Waals surface area contributed by atoms with Crippen LogP contribution in [0.2, 0.25) is 0 Å². The standard InChI is InChI=1S/C9H19NO2/c1-4-5-7(10)9(12)8(11)6(2)3/h6-7,9,12H,4-5,10H2,1-3H3. The van der Waals surface area contributed by atoms with Crippen molar-refractivity contribution in [2.75, 3.05) is 0 Å². The lowest BCUT2D eigenvalue weighted by molar-refractivity contribution is -0.131. The molecule has 0 amide bonds. The molecule has 0 spiro atoms. The van der Waals surface area contributed by atoms with Gasteiger partial charge in [-0.2, -0.15) is 0 Å². The molecule has 0 rings (SSSR count). The Morgan fingerprint density at radius 1 is 1.50 bits per heavy atom. The Morgan fingerprint density at radius 3 is 2.33 bits per heavy atom. The number of ketones is 1. The molecular weight excluding hydrogens is 154 g/mol. The summed E-state index contributed by atoms with van der Waals surface area (Å²) in [6.07, 6.45) is 0.605. The highest BCUT2D eigenvalue weighted by Gasteiger charge is 2.23. The predicted octanol–water partition coefficient (Wildman–Crippen LogP) is 0.700. The molecule has 0 fully saturated rings. The minimum Gasteiger partial charge on any atom is -0.384 e. The first-order valence-corrected chi connectivity index (χ1v) is 4.48. The fourth-order valence-electron chi connectivity index (χ4n) is 1.04. The van der Waals surface area contributed by atoms with Gasteiger partial charge in [-0.25, -0.2) is 0 Å². The quantitative estimate of drug-likeness (QED) is 0.643. The van der Waals surface area contributed by atoms with Crippen molar-refractivity contribution in [3.63, 3.8) is 0 Å². The molecule has 0 aliphatic heterocycles. The van der Waals surface area contributed by atoms with Crippen LogP contribution in [0.4, 0.5) is 0 Å². The summed E-state index contributed by atoms with van der Waals surface area (Å²) in [6.45, 7) is 5.51. The van der Waals surface area contributed by atoms with E-state index in [0.29, 0.717) is 6.42 Å². The van der Waals surface area contributed by atoms with Crippen molar-refractivity contribution in [2.45, 2.75) is 45.8 Å². The number of carbonyl (C=O) groups excluding carboxylic acids is 1. The number of Topliss-reactive ketones (excluding diaryl/α,β-unsaturated/α-hetero) is 1. The molecule has 2 atom stereocenters. The lowest BCUT2D eigenvalue weighted by Gasteiger charge is -2.18. The molecule has 0 aliphatic carbocycles. The second kappa shape index (κ2) is 5.27. The molecule has 0 bridgehead atoms. The van der Waals surface area contributed by atoms with Crippen LogP contribution < -0.4 is 5.73 Å². The molecule has 0 heterocycles. The molecule has 0 aromatic carbocycles. The van der Waals surface area contributed by atoms with Crippen molar-refractivity contribution in [2.24, 2.45) is 11.7 Å². The summed E-state index contributed by atoms with van der Waals surface area (Å²) >= 11 is 0. The Bertz CT molecular complexity index is 145. The van der Waals surface area contributed by atoms with Gasteiger partial charge in [-0.1, -0.05) is 27.2 Å². The monoisotopic (exact) mass is 173 g/mol. The summed E-state index contributed by atoms with van der Waals surface area (Å²) in [7, 11) is 0. The first-order chi connectivity index (χ1) is 5.50. The Morgan fingerprint density at radius 2 is 2.00 bits per heavy atom. The van der Waals surface area contributed by atoms with Gasteiger partial charge in [-0.3, -0.25) is 4.79 Å². The smallest absolute Gasteiger partial charge is 0.165 e. The molecular formula is C9H19NO2. The number of carbonyl (C=O) groups is 1. The topological polar surface area (TPSA) is 63.3 Å². The summed E-state index contributed by atoms with van der Waals surface area (Å²) in [6, 6.07) is -0.398. The van der Waals surface area contributed by atoms with Crippen LogP contribution in [-0.4, -0.2) is 23.0 Å². The third-order valence-electron chi connectivity index (χ3n) is 1.89. The van der Waals surface area contributed by atoms with Crippen molar-refractivity contribution in [1.82, 2.24) is 0 Å². The number of hydrogen-bond donors (Lipinski definition) is 2. The largest absolute Gasteiger partial charge is 0.384 e. The third-order valence-corrected chi connectivity index (χ3v) is 1.89. The summed E-state index contributed by atoms with van der Waals surface area (Å²) < 4.78 is 0. The Labute approximate surface area is 74.0 Å². The highest BCUT2D eigenvalue weighted by atomic mass is 16.3. The normalized spacial score (nSPS) is 16.2. The maximum Gasteiger partial charge on any atom is 0.165 e. The number of aliphatic hydroxyl groups is 1. The van der Waals surface area contributed by atoms with Gasteiger partial charge in [0.25, 0.3) is 0 Å². The third kappa shape index (κ3) is 3.32. The number of rotatable bonds is 5. The lowest BCUT2D eigenvalue weighted by Crippen LogP contribution is -2.42. The molecule has 0 saturated carbocycles. The molecule has 72 valence electrons. The summed E-state index contributed by atoms with van der Waals surface area (Å²) in [5, 5.41) is 9.41. The zero-order valence-corrected chi connectivity index (χ0v) is 8.08. The van der Waals surface area contributed by atoms with E-state index in [2.05, 4.69) is 0 Å². The van der Waals surface area contributed by atoms with E-state index in [9.17, 15) is 9.90 Å². The molecule has 2 unspecified atom stereocenters. The van der Waals surface area contributed by atoms with Crippen molar-refractivity contribution < 1.29 is 9.90 Å². The average molecular weight is 173 g/mol. The molecule has 0 aromatic heterocycles. The van der Waals surface area contributed by atoms with E-state index in [4.69, 9.17) is 5.73 Å². The Kier molecular flexibility index (Phi) is 5.09. The van der Waals surface area contributed by atoms with Crippen LogP contribution in [0.15, 0.2) is 0 Å². The number of aliphatic hydroxyl groups excluding tert-OH is 1. The zero-order chi connectivity index (χ0) is 9.72. The van der Waals surface area contributed by atoms with Crippen LogP contribution >= 0.6 is 0 Å². The Balaban J connectivity index is 4.00. The van der Waals surface area contributed by atoms with E-state index in [-0.39, 0.29) is 11.7 Å². The van der Waals surface area contributed by atoms with Gasteiger partial charge in [0.05, 0.1) is 0 Å². The van der Waals surface area contributed by atoms with Crippen LogP contribution in [-0.2, 0) is 4.79 Å². The van der Waals surface area contributed by atoms with Crippen molar-refractivity contribution in [1.29, 1.82) is 0 Å². The molecule has 3 heteroatoms. The molecule has 0 aromatic rings. The minimum absolute atomic E-state index is 0.136. The van der Waals surface area contributed by atoms with E-state index >= 15 is 0 Å². The lowest BCUT2D eigenvalue weighted by atomic mass is 9.96. The van der Waals surface area contributed by atoms with Crippen molar-refractivity contribution >= 4 is 5.78 Å². The van der Waals surface area contributed by atoms with E-state index in [1.165, 1.54) is 0 Å². The molecule has 3 N–H and O–H groups in total. The summed E-state index contributed by atoms with van der Waals surface area (Å²) in [5.74, 6) is -0.293. The van der Waals surface area contributed by atoms with Gasteiger partial charge in [-0.05, 0) is 6.42 Å². The number of hydrogen-bond acceptors (Lipinski definition) is 3. The maximum atomic E-state index is 11.2. The molecule has 12 heavy (non-hydrogen) atoms. The van der Waals surface area contributed by atoms with Gasteiger partial charge >= 0.3 is 0 Å².